The minimum absolute atomic E-state index is 0.246. The van der Waals surface area contributed by atoms with Gasteiger partial charge in [-0.05, 0) is 24.5 Å². The Kier molecular flexibility index (Phi) is 3.52. The summed E-state index contributed by atoms with van der Waals surface area (Å²) >= 11 is 1.61. The first-order valence-corrected chi connectivity index (χ1v) is 4.92. The van der Waals surface area contributed by atoms with Crippen molar-refractivity contribution in [1.82, 2.24) is 4.98 Å². The molecular weight excluding hydrogens is 184 g/mol. The van der Waals surface area contributed by atoms with Gasteiger partial charge in [0.2, 0.25) is 5.91 Å². The van der Waals surface area contributed by atoms with E-state index >= 15 is 0 Å². The average Bonchev–Trinajstić information content (AvgIpc) is 2.19. The third kappa shape index (κ3) is 2.91. The van der Waals surface area contributed by atoms with Gasteiger partial charge in [0.25, 0.3) is 0 Å². The Morgan fingerprint density at radius 2 is 2.46 bits per heavy atom. The Bertz CT molecular complexity index is 308. The van der Waals surface area contributed by atoms with E-state index in [4.69, 9.17) is 0 Å². The molecular formula is C9H10N2OS. The fraction of sp³-hybridized carbons (Fsp3) is 0.111. The Balaban J connectivity index is 2.69. The highest BCUT2D eigenvalue weighted by Crippen LogP contribution is 2.14. The SMILES string of the molecule is C=CC(=O)Nc1ccc(SC)cn1. The molecule has 1 heterocycles. The molecule has 1 aromatic heterocycles. The van der Waals surface area contributed by atoms with Crippen molar-refractivity contribution in [2.45, 2.75) is 4.90 Å². The fourth-order valence-electron chi connectivity index (χ4n) is 0.752. The van der Waals surface area contributed by atoms with Crippen LogP contribution in [0.3, 0.4) is 0 Å². The van der Waals surface area contributed by atoms with E-state index in [1.165, 1.54) is 6.08 Å². The Labute approximate surface area is 81.3 Å². The number of nitrogens with zero attached hydrogens (tertiary/aromatic N) is 1. The zero-order valence-electron chi connectivity index (χ0n) is 7.28. The molecule has 0 aliphatic carbocycles. The van der Waals surface area contributed by atoms with E-state index < -0.39 is 0 Å². The molecule has 0 aromatic carbocycles. The topological polar surface area (TPSA) is 42.0 Å². The minimum atomic E-state index is -0.246. The first-order chi connectivity index (χ1) is 6.26. The van der Waals surface area contributed by atoms with Crippen molar-refractivity contribution in [3.05, 3.63) is 31.0 Å². The predicted octanol–water partition coefficient (Wildman–Crippen LogP) is 1.93. The molecule has 68 valence electrons. The van der Waals surface area contributed by atoms with E-state index in [2.05, 4.69) is 16.9 Å². The van der Waals surface area contributed by atoms with Gasteiger partial charge in [-0.2, -0.15) is 0 Å². The predicted molar refractivity (Wildman–Crippen MR) is 54.8 cm³/mol. The number of anilines is 1. The van der Waals surface area contributed by atoms with Gasteiger partial charge in [0.15, 0.2) is 0 Å². The maximum Gasteiger partial charge on any atom is 0.248 e. The van der Waals surface area contributed by atoms with Crippen molar-refractivity contribution in [2.24, 2.45) is 0 Å². The zero-order valence-corrected chi connectivity index (χ0v) is 8.10. The highest BCUT2D eigenvalue weighted by atomic mass is 32.2. The molecule has 0 bridgehead atoms. The molecule has 0 fully saturated rings. The van der Waals surface area contributed by atoms with E-state index in [1.54, 1.807) is 24.0 Å². The van der Waals surface area contributed by atoms with Crippen LogP contribution in [0.1, 0.15) is 0 Å². The smallest absolute Gasteiger partial charge is 0.248 e. The summed E-state index contributed by atoms with van der Waals surface area (Å²) in [7, 11) is 0. The molecule has 4 heteroatoms. The first kappa shape index (κ1) is 9.80. The highest BCUT2D eigenvalue weighted by molar-refractivity contribution is 7.98. The number of aromatic nitrogens is 1. The Hall–Kier alpha value is -1.29. The molecule has 0 aliphatic heterocycles. The highest BCUT2D eigenvalue weighted by Gasteiger charge is 1.97. The summed E-state index contributed by atoms with van der Waals surface area (Å²) in [6.07, 6.45) is 4.90. The number of nitrogens with one attached hydrogen (secondary N) is 1. The van der Waals surface area contributed by atoms with Crippen LogP contribution in [0, 0.1) is 0 Å². The fourth-order valence-corrected chi connectivity index (χ4v) is 1.11. The van der Waals surface area contributed by atoms with Crippen LogP contribution in [0.2, 0.25) is 0 Å². The lowest BCUT2D eigenvalue weighted by molar-refractivity contribution is -0.111. The molecule has 0 aliphatic rings. The molecule has 0 saturated heterocycles. The molecule has 0 saturated carbocycles. The van der Waals surface area contributed by atoms with E-state index in [9.17, 15) is 4.79 Å². The van der Waals surface area contributed by atoms with E-state index in [-0.39, 0.29) is 5.91 Å². The van der Waals surface area contributed by atoms with Crippen molar-refractivity contribution >= 4 is 23.5 Å². The zero-order chi connectivity index (χ0) is 9.68. The normalized spacial score (nSPS) is 9.31. The molecule has 0 atom stereocenters. The maximum absolute atomic E-state index is 10.9. The van der Waals surface area contributed by atoms with Crippen molar-refractivity contribution in [2.75, 3.05) is 11.6 Å². The number of thioether (sulfide) groups is 1. The number of pyridine rings is 1. The Morgan fingerprint density at radius 1 is 1.69 bits per heavy atom. The number of hydrogen-bond donors (Lipinski definition) is 1. The maximum atomic E-state index is 10.9. The molecule has 1 N–H and O–H groups in total. The van der Waals surface area contributed by atoms with Crippen LogP contribution in [-0.2, 0) is 4.79 Å². The summed E-state index contributed by atoms with van der Waals surface area (Å²) < 4.78 is 0. The summed E-state index contributed by atoms with van der Waals surface area (Å²) in [6, 6.07) is 3.66. The number of amides is 1. The molecule has 0 spiro atoms. The summed E-state index contributed by atoms with van der Waals surface area (Å²) in [5.74, 6) is 0.298. The summed E-state index contributed by atoms with van der Waals surface area (Å²) in [4.78, 5) is 16.0. The number of carbonyl (C=O) groups excluding carboxylic acids is 1. The molecule has 3 nitrogen and oxygen atoms in total. The van der Waals surface area contributed by atoms with Gasteiger partial charge in [-0.3, -0.25) is 4.79 Å². The molecule has 1 aromatic rings. The van der Waals surface area contributed by atoms with Crippen LogP contribution in [0.5, 0.6) is 0 Å². The third-order valence-electron chi connectivity index (χ3n) is 1.41. The van der Waals surface area contributed by atoms with E-state index in [0.29, 0.717) is 5.82 Å². The van der Waals surface area contributed by atoms with Crippen LogP contribution in [0.4, 0.5) is 5.82 Å². The monoisotopic (exact) mass is 194 g/mol. The largest absolute Gasteiger partial charge is 0.307 e. The summed E-state index contributed by atoms with van der Waals surface area (Å²) in [5, 5.41) is 2.57. The Morgan fingerprint density at radius 3 is 2.92 bits per heavy atom. The van der Waals surface area contributed by atoms with Crippen molar-refractivity contribution in [3.8, 4) is 0 Å². The second-order valence-corrected chi connectivity index (χ2v) is 3.16. The lowest BCUT2D eigenvalue weighted by Crippen LogP contribution is -2.08. The van der Waals surface area contributed by atoms with Crippen LogP contribution in [-0.4, -0.2) is 17.1 Å². The molecule has 0 unspecified atom stereocenters. The summed E-state index contributed by atoms with van der Waals surface area (Å²) in [6.45, 7) is 3.35. The van der Waals surface area contributed by atoms with Crippen LogP contribution in [0.15, 0.2) is 35.9 Å². The molecule has 1 rings (SSSR count). The lowest BCUT2D eigenvalue weighted by Gasteiger charge is -2.00. The molecule has 0 radical (unpaired) electrons. The van der Waals surface area contributed by atoms with Gasteiger partial charge in [0.05, 0.1) is 0 Å². The van der Waals surface area contributed by atoms with Gasteiger partial charge in [0.1, 0.15) is 5.82 Å². The van der Waals surface area contributed by atoms with E-state index in [1.807, 2.05) is 12.3 Å². The van der Waals surface area contributed by atoms with E-state index in [0.717, 1.165) is 4.90 Å². The standard InChI is InChI=1S/C9H10N2OS/c1-3-9(12)11-8-5-4-7(13-2)6-10-8/h3-6H,1H2,2H3,(H,10,11,12). The third-order valence-corrected chi connectivity index (χ3v) is 2.12. The van der Waals surface area contributed by atoms with Gasteiger partial charge < -0.3 is 5.32 Å². The van der Waals surface area contributed by atoms with Crippen LogP contribution < -0.4 is 5.32 Å². The van der Waals surface area contributed by atoms with Gasteiger partial charge >= 0.3 is 0 Å². The first-order valence-electron chi connectivity index (χ1n) is 3.69. The number of rotatable bonds is 3. The van der Waals surface area contributed by atoms with Gasteiger partial charge in [-0.25, -0.2) is 4.98 Å². The number of carbonyl (C=O) groups is 1. The average molecular weight is 194 g/mol. The quantitative estimate of drug-likeness (QED) is 0.590. The van der Waals surface area contributed by atoms with Gasteiger partial charge in [-0.15, -0.1) is 11.8 Å². The van der Waals surface area contributed by atoms with Crippen molar-refractivity contribution in [1.29, 1.82) is 0 Å². The van der Waals surface area contributed by atoms with Gasteiger partial charge in [0, 0.05) is 11.1 Å². The number of hydrogen-bond acceptors (Lipinski definition) is 3. The minimum Gasteiger partial charge on any atom is -0.307 e. The summed E-state index contributed by atoms with van der Waals surface area (Å²) in [5.41, 5.74) is 0. The molecule has 1 amide bonds. The van der Waals surface area contributed by atoms with Gasteiger partial charge in [-0.1, -0.05) is 6.58 Å². The van der Waals surface area contributed by atoms with Crippen LogP contribution in [0.25, 0.3) is 0 Å². The van der Waals surface area contributed by atoms with Crippen LogP contribution >= 0.6 is 11.8 Å². The molecule has 13 heavy (non-hydrogen) atoms. The van der Waals surface area contributed by atoms with Crippen molar-refractivity contribution in [3.63, 3.8) is 0 Å². The second kappa shape index (κ2) is 4.67. The van der Waals surface area contributed by atoms with Crippen molar-refractivity contribution < 1.29 is 4.79 Å². The lowest BCUT2D eigenvalue weighted by atomic mass is 10.4. The second-order valence-electron chi connectivity index (χ2n) is 2.28.